The zero-order valence-electron chi connectivity index (χ0n) is 10.1. The second-order valence-electron chi connectivity index (χ2n) is 2.92. The summed E-state index contributed by atoms with van der Waals surface area (Å²) >= 11 is 0. The molecule has 6 radical (unpaired) electrons. The normalized spacial score (nSPS) is 17.0. The Morgan fingerprint density at radius 3 is 2.00 bits per heavy atom. The fourth-order valence-electron chi connectivity index (χ4n) is 1.24. The predicted octanol–water partition coefficient (Wildman–Crippen LogP) is 2.41. The fraction of sp³-hybridized carbons (Fsp3) is 0.385. The van der Waals surface area contributed by atoms with Gasteiger partial charge in [0, 0.05) is 23.5 Å². The van der Waals surface area contributed by atoms with Gasteiger partial charge in [0.1, 0.15) is 6.10 Å². The van der Waals surface area contributed by atoms with Crippen molar-refractivity contribution < 1.29 is 36.1 Å². The first-order valence-electron chi connectivity index (χ1n) is 4.86. The van der Waals surface area contributed by atoms with Gasteiger partial charge in [-0.3, -0.25) is 0 Å². The molecule has 1 aliphatic rings. The van der Waals surface area contributed by atoms with Gasteiger partial charge in [-0.25, -0.2) is 0 Å². The average molecular weight is 290 g/mol. The molecule has 98 valence electrons. The SMILES string of the molecule is CCCCC1[CH][CH][CH][CH][C]1O.[C-]#[O+].[C-]#[O+].[C-]#[O+].[Mn]. The molecule has 1 saturated carbocycles. The molecule has 1 unspecified atom stereocenters. The Labute approximate surface area is 120 Å². The van der Waals surface area contributed by atoms with E-state index in [1.165, 1.54) is 12.8 Å². The maximum atomic E-state index is 9.37. The minimum atomic E-state index is 0. The van der Waals surface area contributed by atoms with Crippen LogP contribution < -0.4 is 0 Å². The van der Waals surface area contributed by atoms with Crippen LogP contribution in [0.15, 0.2) is 0 Å². The Hall–Kier alpha value is -0.301. The van der Waals surface area contributed by atoms with Crippen molar-refractivity contribution in [2.45, 2.75) is 26.2 Å². The van der Waals surface area contributed by atoms with E-state index in [4.69, 9.17) is 14.0 Å². The van der Waals surface area contributed by atoms with Crippen LogP contribution in [0.2, 0.25) is 0 Å². The van der Waals surface area contributed by atoms with Crippen LogP contribution in [-0.4, -0.2) is 5.11 Å². The molecule has 4 nitrogen and oxygen atoms in total. The van der Waals surface area contributed by atoms with E-state index in [2.05, 4.69) is 33.3 Å². The van der Waals surface area contributed by atoms with E-state index in [1.807, 2.05) is 12.8 Å². The Kier molecular flexibility index (Phi) is 37.3. The zero-order valence-corrected chi connectivity index (χ0v) is 11.2. The van der Waals surface area contributed by atoms with Crippen LogP contribution in [0.3, 0.4) is 0 Å². The Morgan fingerprint density at radius 2 is 1.61 bits per heavy atom. The molecule has 1 atom stereocenters. The molecule has 0 aromatic carbocycles. The Bertz CT molecular complexity index is 187. The number of hydrogen-bond acceptors (Lipinski definition) is 1. The second kappa shape index (κ2) is 25.5. The van der Waals surface area contributed by atoms with E-state index in [0.717, 1.165) is 6.42 Å². The van der Waals surface area contributed by atoms with Crippen molar-refractivity contribution in [1.29, 1.82) is 0 Å². The molecular weight excluding hydrogens is 275 g/mol. The Balaban J connectivity index is -0.000000123. The smallest absolute Gasteiger partial charge is 0 e. The molecule has 0 heterocycles. The van der Waals surface area contributed by atoms with E-state index < -0.39 is 0 Å². The van der Waals surface area contributed by atoms with Gasteiger partial charge in [0.25, 0.3) is 0 Å². The van der Waals surface area contributed by atoms with Gasteiger partial charge < -0.3 is 5.11 Å². The molecular formula is C13H15MnO4. The molecule has 0 aliphatic heterocycles. The molecule has 1 rings (SSSR count). The topological polar surface area (TPSA) is 79.9 Å². The van der Waals surface area contributed by atoms with Crippen molar-refractivity contribution in [3.8, 4) is 0 Å². The largest absolute Gasteiger partial charge is 0 e. The van der Waals surface area contributed by atoms with Gasteiger partial charge in [-0.05, 0) is 31.6 Å². The van der Waals surface area contributed by atoms with Gasteiger partial charge in [-0.1, -0.05) is 19.8 Å². The summed E-state index contributed by atoms with van der Waals surface area (Å²) in [6, 6.07) is 0. The van der Waals surface area contributed by atoms with Gasteiger partial charge in [0.05, 0.1) is 0 Å². The fourth-order valence-corrected chi connectivity index (χ4v) is 1.24. The molecule has 1 aliphatic carbocycles. The standard InChI is InChI=1S/C10H15O.3CO.Mn/c1-2-3-6-9-7-4-5-8-10(9)11;3*1-2;/h4-5,7-9,11H,2-3,6H2,1H3;;;;. The molecule has 0 aromatic heterocycles. The first kappa shape index (κ1) is 26.3. The van der Waals surface area contributed by atoms with Gasteiger partial charge in [0.15, 0.2) is 0 Å². The third kappa shape index (κ3) is 15.7. The predicted molar refractivity (Wildman–Crippen MR) is 57.2 cm³/mol. The van der Waals surface area contributed by atoms with Crippen molar-refractivity contribution in [3.63, 3.8) is 0 Å². The van der Waals surface area contributed by atoms with Crippen molar-refractivity contribution in [1.82, 2.24) is 0 Å². The van der Waals surface area contributed by atoms with Crippen LogP contribution in [0.4, 0.5) is 0 Å². The number of aliphatic hydroxyl groups excluding tert-OH is 1. The van der Waals surface area contributed by atoms with Crippen LogP contribution >= 0.6 is 0 Å². The van der Waals surface area contributed by atoms with Crippen LogP contribution in [0, 0.1) is 57.7 Å². The number of aliphatic hydroxyl groups is 1. The van der Waals surface area contributed by atoms with Crippen LogP contribution in [0.1, 0.15) is 26.2 Å². The summed E-state index contributed by atoms with van der Waals surface area (Å²) in [4.78, 5) is 0. The third-order valence-corrected chi connectivity index (χ3v) is 1.97. The minimum Gasteiger partial charge on any atom is 0 e. The molecule has 0 bridgehead atoms. The summed E-state index contributed by atoms with van der Waals surface area (Å²) < 4.78 is 22.5. The van der Waals surface area contributed by atoms with Crippen molar-refractivity contribution >= 4 is 0 Å². The molecule has 1 fully saturated rings. The van der Waals surface area contributed by atoms with Gasteiger partial charge in [-0.2, -0.15) is 0 Å². The molecule has 5 heteroatoms. The van der Waals surface area contributed by atoms with E-state index in [1.54, 1.807) is 6.42 Å². The molecule has 0 amide bonds. The summed E-state index contributed by atoms with van der Waals surface area (Å²) in [6.07, 6.45) is 11.7. The zero-order chi connectivity index (χ0) is 14.1. The van der Waals surface area contributed by atoms with Crippen molar-refractivity contribution in [2.75, 3.05) is 0 Å². The maximum absolute atomic E-state index is 9.37. The van der Waals surface area contributed by atoms with Gasteiger partial charge in [0.2, 0.25) is 0 Å². The first-order valence-corrected chi connectivity index (χ1v) is 4.86. The van der Waals surface area contributed by atoms with Crippen LogP contribution in [0.25, 0.3) is 0 Å². The van der Waals surface area contributed by atoms with Gasteiger partial charge in [-0.15, -0.1) is 0 Å². The van der Waals surface area contributed by atoms with Crippen LogP contribution in [-0.2, 0) is 31.0 Å². The number of rotatable bonds is 3. The maximum Gasteiger partial charge on any atom is 0 e. The van der Waals surface area contributed by atoms with Crippen LogP contribution in [0.5, 0.6) is 0 Å². The summed E-state index contributed by atoms with van der Waals surface area (Å²) in [6.45, 7) is 15.7. The molecule has 18 heavy (non-hydrogen) atoms. The van der Waals surface area contributed by atoms with Crippen molar-refractivity contribution in [2.24, 2.45) is 5.92 Å². The number of hydrogen-bond donors (Lipinski definition) is 1. The summed E-state index contributed by atoms with van der Waals surface area (Å²) in [5.41, 5.74) is 0. The summed E-state index contributed by atoms with van der Waals surface area (Å²) in [5, 5.41) is 9.37. The van der Waals surface area contributed by atoms with E-state index in [9.17, 15) is 5.11 Å². The van der Waals surface area contributed by atoms with E-state index in [0.29, 0.717) is 6.10 Å². The summed E-state index contributed by atoms with van der Waals surface area (Å²) in [5.74, 6) is 0.278. The van der Waals surface area contributed by atoms with E-state index >= 15 is 0 Å². The average Bonchev–Trinajstić information content (AvgIpc) is 2.45. The first-order chi connectivity index (χ1) is 8.34. The van der Waals surface area contributed by atoms with E-state index in [-0.39, 0.29) is 23.0 Å². The van der Waals surface area contributed by atoms with Crippen molar-refractivity contribution in [3.05, 3.63) is 51.7 Å². The monoisotopic (exact) mass is 290 g/mol. The Morgan fingerprint density at radius 1 is 1.11 bits per heavy atom. The minimum absolute atomic E-state index is 0. The summed E-state index contributed by atoms with van der Waals surface area (Å²) in [7, 11) is 0. The molecule has 0 spiro atoms. The molecule has 0 saturated heterocycles. The van der Waals surface area contributed by atoms with Gasteiger partial charge >= 0.3 is 33.9 Å². The second-order valence-corrected chi connectivity index (χ2v) is 2.92. The molecule has 1 N–H and O–H groups in total. The molecule has 0 aromatic rings. The quantitative estimate of drug-likeness (QED) is 0.483. The number of unbranched alkanes of at least 4 members (excludes halogenated alkanes) is 1. The third-order valence-electron chi connectivity index (χ3n) is 1.97.